The zero-order valence-corrected chi connectivity index (χ0v) is 8.74. The summed E-state index contributed by atoms with van der Waals surface area (Å²) in [5.41, 5.74) is 9.63. The molecule has 0 spiro atoms. The number of fused-ring (bicyclic) bond motifs is 1. The second kappa shape index (κ2) is 3.04. The minimum atomic E-state index is 0.970. The van der Waals surface area contributed by atoms with Gasteiger partial charge in [0, 0.05) is 0 Å². The Kier molecular flexibility index (Phi) is 2.00. The van der Waals surface area contributed by atoms with Crippen molar-refractivity contribution >= 4 is 27.1 Å². The van der Waals surface area contributed by atoms with Gasteiger partial charge < -0.3 is 5.73 Å². The lowest BCUT2D eigenvalue weighted by atomic mass is 10.0. The predicted octanol–water partition coefficient (Wildman–Crippen LogP) is 3.35. The highest BCUT2D eigenvalue weighted by Gasteiger charge is 2.06. The molecule has 0 bridgehead atoms. The Bertz CT molecular complexity index is 443. The fourth-order valence-electron chi connectivity index (χ4n) is 1.68. The summed E-state index contributed by atoms with van der Waals surface area (Å²) in [4.78, 5) is 0. The molecule has 0 fully saturated rings. The fraction of sp³-hybridized carbons (Fsp3) is 0.273. The number of rotatable bonds is 1. The van der Waals surface area contributed by atoms with E-state index in [4.69, 9.17) is 5.73 Å². The zero-order chi connectivity index (χ0) is 9.42. The van der Waals surface area contributed by atoms with Gasteiger partial charge in [0.2, 0.25) is 0 Å². The van der Waals surface area contributed by atoms with E-state index in [2.05, 4.69) is 31.4 Å². The summed E-state index contributed by atoms with van der Waals surface area (Å²) in [5, 5.41) is 3.41. The molecule has 0 unspecified atom stereocenters. The molecule has 0 aliphatic rings. The summed E-state index contributed by atoms with van der Waals surface area (Å²) in [6.07, 6.45) is 1.01. The maximum Gasteiger partial charge on any atom is 0.0577 e. The minimum absolute atomic E-state index is 0.970. The SMILES string of the molecule is CCc1cc(C)c2ccsc2c1N. The molecule has 2 aromatic rings. The van der Waals surface area contributed by atoms with Gasteiger partial charge in [0.25, 0.3) is 0 Å². The molecular weight excluding hydrogens is 178 g/mol. The molecule has 0 saturated carbocycles. The van der Waals surface area contributed by atoms with Crippen LogP contribution < -0.4 is 5.73 Å². The topological polar surface area (TPSA) is 26.0 Å². The smallest absolute Gasteiger partial charge is 0.0577 e. The summed E-state index contributed by atoms with van der Waals surface area (Å²) in [7, 11) is 0. The molecule has 0 atom stereocenters. The molecule has 0 aliphatic carbocycles. The summed E-state index contributed by atoms with van der Waals surface area (Å²) >= 11 is 1.73. The molecule has 1 nitrogen and oxygen atoms in total. The van der Waals surface area contributed by atoms with Crippen LogP contribution in [0.4, 0.5) is 5.69 Å². The molecule has 2 heteroatoms. The minimum Gasteiger partial charge on any atom is -0.397 e. The van der Waals surface area contributed by atoms with E-state index >= 15 is 0 Å². The number of hydrogen-bond donors (Lipinski definition) is 1. The molecule has 68 valence electrons. The van der Waals surface area contributed by atoms with Crippen LogP contribution in [0.2, 0.25) is 0 Å². The molecule has 0 amide bonds. The second-order valence-corrected chi connectivity index (χ2v) is 4.20. The Balaban J connectivity index is 2.85. The Morgan fingerprint density at radius 2 is 2.23 bits per heavy atom. The number of anilines is 1. The van der Waals surface area contributed by atoms with E-state index in [9.17, 15) is 0 Å². The number of nitrogen functional groups attached to an aromatic ring is 1. The molecule has 2 N–H and O–H groups in total. The highest BCUT2D eigenvalue weighted by Crippen LogP contribution is 2.32. The van der Waals surface area contributed by atoms with Crippen LogP contribution in [0.25, 0.3) is 10.1 Å². The van der Waals surface area contributed by atoms with Crippen molar-refractivity contribution in [2.45, 2.75) is 20.3 Å². The summed E-state index contributed by atoms with van der Waals surface area (Å²) in [6, 6.07) is 4.34. The van der Waals surface area contributed by atoms with Gasteiger partial charge in [-0.25, -0.2) is 0 Å². The van der Waals surface area contributed by atoms with E-state index in [1.165, 1.54) is 21.2 Å². The molecule has 0 saturated heterocycles. The molecule has 0 radical (unpaired) electrons. The van der Waals surface area contributed by atoms with Crippen LogP contribution in [0.15, 0.2) is 17.5 Å². The lowest BCUT2D eigenvalue weighted by molar-refractivity contribution is 1.14. The third-order valence-corrected chi connectivity index (χ3v) is 3.40. The van der Waals surface area contributed by atoms with Gasteiger partial charge in [-0.1, -0.05) is 13.0 Å². The monoisotopic (exact) mass is 191 g/mol. The standard InChI is InChI=1S/C11H13NS/c1-3-8-6-7(2)9-4-5-13-11(9)10(8)12/h4-6H,3,12H2,1-2H3. The largest absolute Gasteiger partial charge is 0.397 e. The van der Waals surface area contributed by atoms with Crippen LogP contribution >= 0.6 is 11.3 Å². The zero-order valence-electron chi connectivity index (χ0n) is 7.92. The summed E-state index contributed by atoms with van der Waals surface area (Å²) < 4.78 is 1.25. The van der Waals surface area contributed by atoms with Crippen molar-refractivity contribution in [2.24, 2.45) is 0 Å². The predicted molar refractivity (Wildman–Crippen MR) is 60.4 cm³/mol. The van der Waals surface area contributed by atoms with Gasteiger partial charge in [0.15, 0.2) is 0 Å². The molecule has 0 aliphatic heterocycles. The van der Waals surface area contributed by atoms with E-state index in [0.29, 0.717) is 0 Å². The van der Waals surface area contributed by atoms with E-state index in [1.807, 2.05) is 0 Å². The van der Waals surface area contributed by atoms with Crippen molar-refractivity contribution in [3.05, 3.63) is 28.6 Å². The van der Waals surface area contributed by atoms with Crippen molar-refractivity contribution in [1.29, 1.82) is 0 Å². The van der Waals surface area contributed by atoms with Gasteiger partial charge in [0.05, 0.1) is 10.4 Å². The Hall–Kier alpha value is -1.02. The molecule has 13 heavy (non-hydrogen) atoms. The first-order chi connectivity index (χ1) is 6.24. The van der Waals surface area contributed by atoms with Gasteiger partial charge in [-0.05, 0) is 41.3 Å². The Labute approximate surface area is 82.2 Å². The highest BCUT2D eigenvalue weighted by molar-refractivity contribution is 7.17. The molecule has 1 aromatic carbocycles. The Morgan fingerprint density at radius 1 is 1.46 bits per heavy atom. The molecule has 1 heterocycles. The van der Waals surface area contributed by atoms with Gasteiger partial charge in [-0.15, -0.1) is 11.3 Å². The van der Waals surface area contributed by atoms with Crippen LogP contribution in [0.5, 0.6) is 0 Å². The lowest BCUT2D eigenvalue weighted by Crippen LogP contribution is -1.93. The third kappa shape index (κ3) is 1.22. The van der Waals surface area contributed by atoms with Crippen molar-refractivity contribution in [3.8, 4) is 0 Å². The van der Waals surface area contributed by atoms with Gasteiger partial charge in [0.1, 0.15) is 0 Å². The summed E-state index contributed by atoms with van der Waals surface area (Å²) in [5.74, 6) is 0. The van der Waals surface area contributed by atoms with Crippen molar-refractivity contribution in [3.63, 3.8) is 0 Å². The quantitative estimate of drug-likeness (QED) is 0.687. The maximum absolute atomic E-state index is 6.05. The third-order valence-electron chi connectivity index (χ3n) is 2.45. The normalized spacial score (nSPS) is 10.9. The van der Waals surface area contributed by atoms with Gasteiger partial charge in [-0.2, -0.15) is 0 Å². The van der Waals surface area contributed by atoms with Crippen LogP contribution in [0, 0.1) is 6.92 Å². The first kappa shape index (κ1) is 8.57. The first-order valence-electron chi connectivity index (χ1n) is 4.49. The van der Waals surface area contributed by atoms with E-state index in [1.54, 1.807) is 11.3 Å². The maximum atomic E-state index is 6.05. The van der Waals surface area contributed by atoms with Gasteiger partial charge in [-0.3, -0.25) is 0 Å². The highest BCUT2D eigenvalue weighted by atomic mass is 32.1. The first-order valence-corrected chi connectivity index (χ1v) is 5.37. The number of aryl methyl sites for hydroxylation is 2. The van der Waals surface area contributed by atoms with Crippen LogP contribution in [0.1, 0.15) is 18.1 Å². The number of nitrogens with two attached hydrogens (primary N) is 1. The molecule has 2 rings (SSSR count). The van der Waals surface area contributed by atoms with Crippen molar-refractivity contribution in [1.82, 2.24) is 0 Å². The van der Waals surface area contributed by atoms with E-state index in [0.717, 1.165) is 12.1 Å². The van der Waals surface area contributed by atoms with Gasteiger partial charge >= 0.3 is 0 Å². The summed E-state index contributed by atoms with van der Waals surface area (Å²) in [6.45, 7) is 4.29. The van der Waals surface area contributed by atoms with Crippen molar-refractivity contribution in [2.75, 3.05) is 5.73 Å². The number of hydrogen-bond acceptors (Lipinski definition) is 2. The number of thiophene rings is 1. The van der Waals surface area contributed by atoms with Crippen LogP contribution in [-0.2, 0) is 6.42 Å². The fourth-order valence-corrected chi connectivity index (χ4v) is 2.64. The molecule has 1 aromatic heterocycles. The van der Waals surface area contributed by atoms with Crippen LogP contribution in [-0.4, -0.2) is 0 Å². The van der Waals surface area contributed by atoms with E-state index < -0.39 is 0 Å². The van der Waals surface area contributed by atoms with E-state index in [-0.39, 0.29) is 0 Å². The number of benzene rings is 1. The van der Waals surface area contributed by atoms with Crippen LogP contribution in [0.3, 0.4) is 0 Å². The average molecular weight is 191 g/mol. The Morgan fingerprint density at radius 3 is 2.92 bits per heavy atom. The molecular formula is C11H13NS. The van der Waals surface area contributed by atoms with Crippen molar-refractivity contribution < 1.29 is 0 Å². The second-order valence-electron chi connectivity index (χ2n) is 3.28. The lowest BCUT2D eigenvalue weighted by Gasteiger charge is -2.06. The average Bonchev–Trinajstić information content (AvgIpc) is 2.60.